The molecular formula is C10H14FNO5S. The van der Waals surface area contributed by atoms with Gasteiger partial charge in [-0.3, -0.25) is 0 Å². The van der Waals surface area contributed by atoms with Crippen molar-refractivity contribution in [3.63, 3.8) is 0 Å². The van der Waals surface area contributed by atoms with E-state index in [0.717, 1.165) is 12.1 Å². The smallest absolute Gasteiger partial charge is 0.241 e. The number of nitrogens with one attached hydrogen (secondary N) is 1. The average molecular weight is 279 g/mol. The lowest BCUT2D eigenvalue weighted by atomic mass is 10.3. The van der Waals surface area contributed by atoms with Gasteiger partial charge in [-0.1, -0.05) is 0 Å². The Morgan fingerprint density at radius 2 is 2.00 bits per heavy atom. The molecule has 0 saturated carbocycles. The monoisotopic (exact) mass is 279 g/mol. The molecule has 0 aliphatic heterocycles. The van der Waals surface area contributed by atoms with Crippen molar-refractivity contribution in [3.8, 4) is 5.75 Å². The van der Waals surface area contributed by atoms with E-state index in [1.165, 1.54) is 13.2 Å². The van der Waals surface area contributed by atoms with E-state index in [4.69, 9.17) is 10.2 Å². The zero-order chi connectivity index (χ0) is 13.8. The Morgan fingerprint density at radius 3 is 2.44 bits per heavy atom. The molecule has 0 fully saturated rings. The number of hydrogen-bond donors (Lipinski definition) is 3. The third-order valence-corrected chi connectivity index (χ3v) is 3.71. The van der Waals surface area contributed by atoms with Gasteiger partial charge in [0, 0.05) is 0 Å². The summed E-state index contributed by atoms with van der Waals surface area (Å²) >= 11 is 0. The van der Waals surface area contributed by atoms with Crippen molar-refractivity contribution in [1.82, 2.24) is 4.72 Å². The van der Waals surface area contributed by atoms with Crippen molar-refractivity contribution in [2.45, 2.75) is 10.9 Å². The second-order valence-electron chi connectivity index (χ2n) is 3.48. The highest BCUT2D eigenvalue weighted by Crippen LogP contribution is 2.20. The van der Waals surface area contributed by atoms with Gasteiger partial charge in [-0.15, -0.1) is 0 Å². The zero-order valence-corrected chi connectivity index (χ0v) is 10.4. The lowest BCUT2D eigenvalue weighted by Crippen LogP contribution is -2.40. The number of halogens is 1. The zero-order valence-electron chi connectivity index (χ0n) is 9.63. The number of rotatable bonds is 6. The van der Waals surface area contributed by atoms with Crippen LogP contribution in [0.4, 0.5) is 4.39 Å². The van der Waals surface area contributed by atoms with Crippen LogP contribution < -0.4 is 9.46 Å². The topological polar surface area (TPSA) is 95.9 Å². The van der Waals surface area contributed by atoms with E-state index in [0.29, 0.717) is 0 Å². The van der Waals surface area contributed by atoms with E-state index in [1.807, 2.05) is 4.72 Å². The molecule has 102 valence electrons. The first kappa shape index (κ1) is 14.8. The first-order valence-electron chi connectivity index (χ1n) is 5.02. The standard InChI is InChI=1S/C10H14FNO5S/c1-17-10-3-2-8(4-9(10)11)18(15,16)12-7(5-13)6-14/h2-4,7,12-14H,5-6H2,1H3. The molecule has 0 heterocycles. The van der Waals surface area contributed by atoms with Crippen LogP contribution in [-0.4, -0.2) is 45.0 Å². The summed E-state index contributed by atoms with van der Waals surface area (Å²) in [5.41, 5.74) is 0. The van der Waals surface area contributed by atoms with Crippen LogP contribution in [0.2, 0.25) is 0 Å². The van der Waals surface area contributed by atoms with Crippen LogP contribution in [-0.2, 0) is 10.0 Å². The van der Waals surface area contributed by atoms with Crippen molar-refractivity contribution in [2.24, 2.45) is 0 Å². The third-order valence-electron chi connectivity index (χ3n) is 2.20. The number of methoxy groups -OCH3 is 1. The third kappa shape index (κ3) is 3.39. The molecule has 1 aromatic rings. The maximum atomic E-state index is 13.4. The fraction of sp³-hybridized carbons (Fsp3) is 0.400. The van der Waals surface area contributed by atoms with Crippen molar-refractivity contribution < 1.29 is 27.8 Å². The van der Waals surface area contributed by atoms with Crippen LogP contribution in [0, 0.1) is 5.82 Å². The van der Waals surface area contributed by atoms with E-state index >= 15 is 0 Å². The average Bonchev–Trinajstić information content (AvgIpc) is 2.35. The molecule has 0 radical (unpaired) electrons. The molecule has 0 atom stereocenters. The molecule has 0 spiro atoms. The molecule has 0 bridgehead atoms. The van der Waals surface area contributed by atoms with E-state index in [-0.39, 0.29) is 10.6 Å². The predicted molar refractivity (Wildman–Crippen MR) is 61.2 cm³/mol. The Labute approximate surface area is 104 Å². The summed E-state index contributed by atoms with van der Waals surface area (Å²) in [6.07, 6.45) is 0. The fourth-order valence-electron chi connectivity index (χ4n) is 1.23. The second-order valence-corrected chi connectivity index (χ2v) is 5.19. The lowest BCUT2D eigenvalue weighted by molar-refractivity contribution is 0.185. The summed E-state index contributed by atoms with van der Waals surface area (Å²) < 4.78 is 43.6. The number of benzene rings is 1. The van der Waals surface area contributed by atoms with E-state index in [1.54, 1.807) is 0 Å². The van der Waals surface area contributed by atoms with Crippen LogP contribution >= 0.6 is 0 Å². The quantitative estimate of drug-likeness (QED) is 0.650. The van der Waals surface area contributed by atoms with E-state index < -0.39 is 35.1 Å². The fourth-order valence-corrected chi connectivity index (χ4v) is 2.46. The highest BCUT2D eigenvalue weighted by atomic mass is 32.2. The van der Waals surface area contributed by atoms with Gasteiger partial charge in [0.25, 0.3) is 0 Å². The molecule has 1 aromatic carbocycles. The molecule has 0 amide bonds. The molecule has 0 aliphatic rings. The molecule has 6 nitrogen and oxygen atoms in total. The summed E-state index contributed by atoms with van der Waals surface area (Å²) in [5, 5.41) is 17.6. The van der Waals surface area contributed by atoms with Crippen LogP contribution in [0.1, 0.15) is 0 Å². The van der Waals surface area contributed by atoms with Gasteiger partial charge in [-0.05, 0) is 18.2 Å². The number of aliphatic hydroxyl groups excluding tert-OH is 2. The highest BCUT2D eigenvalue weighted by Gasteiger charge is 2.20. The Morgan fingerprint density at radius 1 is 1.39 bits per heavy atom. The first-order chi connectivity index (χ1) is 8.44. The molecule has 0 aliphatic carbocycles. The number of sulfonamides is 1. The van der Waals surface area contributed by atoms with Crippen molar-refractivity contribution in [3.05, 3.63) is 24.0 Å². The lowest BCUT2D eigenvalue weighted by Gasteiger charge is -2.14. The molecule has 0 unspecified atom stereocenters. The van der Waals surface area contributed by atoms with Gasteiger partial charge in [0.05, 0.1) is 31.3 Å². The Kier molecular flexibility index (Phi) is 5.03. The Bertz CT molecular complexity index is 501. The largest absolute Gasteiger partial charge is 0.494 e. The summed E-state index contributed by atoms with van der Waals surface area (Å²) in [5.74, 6) is -0.889. The van der Waals surface area contributed by atoms with Crippen molar-refractivity contribution >= 4 is 10.0 Å². The van der Waals surface area contributed by atoms with Gasteiger partial charge in [0.15, 0.2) is 11.6 Å². The number of ether oxygens (including phenoxy) is 1. The minimum absolute atomic E-state index is 0.0742. The van der Waals surface area contributed by atoms with Gasteiger partial charge >= 0.3 is 0 Å². The maximum absolute atomic E-state index is 13.4. The summed E-state index contributed by atoms with van der Waals surface area (Å²) in [7, 11) is -2.73. The summed E-state index contributed by atoms with van der Waals surface area (Å²) in [4.78, 5) is -0.312. The molecule has 18 heavy (non-hydrogen) atoms. The molecule has 0 saturated heterocycles. The van der Waals surface area contributed by atoms with Crippen molar-refractivity contribution in [1.29, 1.82) is 0 Å². The van der Waals surface area contributed by atoms with E-state index in [9.17, 15) is 12.8 Å². The second kappa shape index (κ2) is 6.10. The van der Waals surface area contributed by atoms with Crippen LogP contribution in [0.15, 0.2) is 23.1 Å². The van der Waals surface area contributed by atoms with Gasteiger partial charge in [0.2, 0.25) is 10.0 Å². The molecule has 3 N–H and O–H groups in total. The SMILES string of the molecule is COc1ccc(S(=O)(=O)NC(CO)CO)cc1F. The molecule has 8 heteroatoms. The summed E-state index contributed by atoms with van der Waals surface area (Å²) in [6, 6.07) is 2.11. The Hall–Kier alpha value is -1.22. The predicted octanol–water partition coefficient (Wildman–Crippen LogP) is -0.534. The molecule has 0 aromatic heterocycles. The minimum atomic E-state index is -4.00. The van der Waals surface area contributed by atoms with Gasteiger partial charge in [-0.2, -0.15) is 0 Å². The van der Waals surface area contributed by atoms with Crippen LogP contribution in [0.5, 0.6) is 5.75 Å². The van der Waals surface area contributed by atoms with Crippen molar-refractivity contribution in [2.75, 3.05) is 20.3 Å². The number of hydrogen-bond acceptors (Lipinski definition) is 5. The molecule has 1 rings (SSSR count). The van der Waals surface area contributed by atoms with E-state index in [2.05, 4.69) is 4.74 Å². The Balaban J connectivity index is 3.02. The normalized spacial score (nSPS) is 11.8. The van der Waals surface area contributed by atoms with Gasteiger partial charge < -0.3 is 14.9 Å². The first-order valence-corrected chi connectivity index (χ1v) is 6.50. The van der Waals surface area contributed by atoms with Crippen LogP contribution in [0.3, 0.4) is 0 Å². The van der Waals surface area contributed by atoms with Gasteiger partial charge in [0.1, 0.15) is 0 Å². The maximum Gasteiger partial charge on any atom is 0.241 e. The van der Waals surface area contributed by atoms with Gasteiger partial charge in [-0.25, -0.2) is 17.5 Å². The highest BCUT2D eigenvalue weighted by molar-refractivity contribution is 7.89. The number of aliphatic hydroxyl groups is 2. The van der Waals surface area contributed by atoms with Crippen LogP contribution in [0.25, 0.3) is 0 Å². The molecular weight excluding hydrogens is 265 g/mol. The summed E-state index contributed by atoms with van der Waals surface area (Å²) in [6.45, 7) is -1.12. The minimum Gasteiger partial charge on any atom is -0.494 e.